The van der Waals surface area contributed by atoms with Crippen LogP contribution in [-0.4, -0.2) is 85.2 Å². The number of Topliss-reactive ketones (excluding diaryl/α,β-unsaturated/α-hetero) is 2. The number of hydrogen-bond acceptors (Lipinski definition) is 13. The Morgan fingerprint density at radius 3 is 1.86 bits per heavy atom. The third-order valence-corrected chi connectivity index (χ3v) is 4.59. The van der Waals surface area contributed by atoms with E-state index in [2.05, 4.69) is 29.9 Å². The van der Waals surface area contributed by atoms with Crippen molar-refractivity contribution in [3.63, 3.8) is 0 Å². The fraction of sp³-hybridized carbons (Fsp3) is 0.333. The molecule has 4 aromatic heterocycles. The van der Waals surface area contributed by atoms with Crippen molar-refractivity contribution < 1.29 is 24.9 Å². The predicted molar refractivity (Wildman–Crippen MR) is 120 cm³/mol. The van der Waals surface area contributed by atoms with Crippen LogP contribution in [0.2, 0.25) is 0 Å². The van der Waals surface area contributed by atoms with E-state index < -0.39 is 29.6 Å². The Labute approximate surface area is 194 Å². The lowest BCUT2D eigenvalue weighted by molar-refractivity contribution is -0.129. The summed E-state index contributed by atoms with van der Waals surface area (Å²) in [6.45, 7) is -1.12. The number of nitrogens with two attached hydrogens (primary N) is 2. The topological polar surface area (TPSA) is 274 Å². The molecule has 17 nitrogen and oxygen atoms in total. The number of anilines is 2. The summed E-state index contributed by atoms with van der Waals surface area (Å²) in [6, 6.07) is 0. The van der Waals surface area contributed by atoms with E-state index in [4.69, 9.17) is 26.8 Å². The molecule has 186 valence electrons. The van der Waals surface area contributed by atoms with Crippen LogP contribution in [0.15, 0.2) is 22.2 Å². The zero-order chi connectivity index (χ0) is 25.7. The Bertz CT molecular complexity index is 1480. The molecule has 0 aromatic carbocycles. The SMILES string of the molecule is Nc1nc2c(ncn2CC(=O)C(O)CO)c(=O)[nH]1.Nc1nc2c(ncn2CC(=O)CCO)c(=O)[nH]1. The van der Waals surface area contributed by atoms with E-state index in [0.29, 0.717) is 0 Å². The maximum atomic E-state index is 11.5. The molecule has 0 aliphatic carbocycles. The number of aromatic amines is 2. The maximum Gasteiger partial charge on any atom is 0.280 e. The summed E-state index contributed by atoms with van der Waals surface area (Å²) in [6.07, 6.45) is 1.18. The Balaban J connectivity index is 0.000000196. The van der Waals surface area contributed by atoms with Gasteiger partial charge in [-0.3, -0.25) is 29.1 Å². The Hall–Kier alpha value is -4.48. The molecule has 0 fully saturated rings. The molecule has 17 heteroatoms. The van der Waals surface area contributed by atoms with Crippen LogP contribution >= 0.6 is 0 Å². The number of imidazole rings is 2. The van der Waals surface area contributed by atoms with E-state index in [-0.39, 0.29) is 66.1 Å². The van der Waals surface area contributed by atoms with Crippen LogP contribution in [0.4, 0.5) is 11.9 Å². The predicted octanol–water partition coefficient (Wildman–Crippen LogP) is -3.72. The van der Waals surface area contributed by atoms with Crippen molar-refractivity contribution in [1.82, 2.24) is 39.0 Å². The smallest absolute Gasteiger partial charge is 0.280 e. The van der Waals surface area contributed by atoms with Gasteiger partial charge in [-0.2, -0.15) is 9.97 Å². The number of carbonyl (C=O) groups excluding carboxylic acids is 2. The van der Waals surface area contributed by atoms with E-state index in [0.717, 1.165) is 0 Å². The number of aliphatic hydroxyl groups excluding tert-OH is 3. The molecule has 0 spiro atoms. The van der Waals surface area contributed by atoms with Crippen molar-refractivity contribution in [2.24, 2.45) is 0 Å². The normalized spacial score (nSPS) is 11.9. The zero-order valence-corrected chi connectivity index (χ0v) is 18.1. The van der Waals surface area contributed by atoms with Gasteiger partial charge in [0.05, 0.1) is 39.0 Å². The highest BCUT2D eigenvalue weighted by molar-refractivity contribution is 5.84. The largest absolute Gasteiger partial charge is 0.396 e. The Morgan fingerprint density at radius 1 is 0.914 bits per heavy atom. The van der Waals surface area contributed by atoms with Crippen LogP contribution in [0.1, 0.15) is 6.42 Å². The fourth-order valence-corrected chi connectivity index (χ4v) is 2.94. The molecular weight excluding hydrogens is 468 g/mol. The average Bonchev–Trinajstić information content (AvgIpc) is 3.38. The third kappa shape index (κ3) is 5.72. The Morgan fingerprint density at radius 2 is 1.40 bits per heavy atom. The number of rotatable bonds is 8. The first kappa shape index (κ1) is 25.1. The summed E-state index contributed by atoms with van der Waals surface area (Å²) in [5, 5.41) is 26.4. The lowest BCUT2D eigenvalue weighted by Crippen LogP contribution is -2.28. The zero-order valence-electron chi connectivity index (χ0n) is 18.1. The van der Waals surface area contributed by atoms with Crippen LogP contribution in [0.25, 0.3) is 22.3 Å². The summed E-state index contributed by atoms with van der Waals surface area (Å²) in [4.78, 5) is 65.8. The number of H-pyrrole nitrogens is 2. The van der Waals surface area contributed by atoms with Gasteiger partial charge in [0, 0.05) is 6.42 Å². The van der Waals surface area contributed by atoms with Gasteiger partial charge in [-0.25, -0.2) is 9.97 Å². The summed E-state index contributed by atoms with van der Waals surface area (Å²) in [5.41, 5.74) is 10.4. The van der Waals surface area contributed by atoms with Gasteiger partial charge >= 0.3 is 0 Å². The van der Waals surface area contributed by atoms with E-state index in [1.165, 1.54) is 21.8 Å². The van der Waals surface area contributed by atoms with Crippen molar-refractivity contribution in [3.05, 3.63) is 33.4 Å². The quantitative estimate of drug-likeness (QED) is 0.125. The molecular formula is C18H22N10O7. The molecule has 0 radical (unpaired) electrons. The number of hydrogen-bond donors (Lipinski definition) is 7. The van der Waals surface area contributed by atoms with Crippen LogP contribution in [0.5, 0.6) is 0 Å². The van der Waals surface area contributed by atoms with Gasteiger partial charge in [-0.05, 0) is 0 Å². The molecule has 4 rings (SSSR count). The highest BCUT2D eigenvalue weighted by Gasteiger charge is 2.17. The number of ketones is 2. The van der Waals surface area contributed by atoms with Crippen LogP contribution in [0, 0.1) is 0 Å². The van der Waals surface area contributed by atoms with E-state index >= 15 is 0 Å². The van der Waals surface area contributed by atoms with Crippen molar-refractivity contribution in [3.8, 4) is 0 Å². The van der Waals surface area contributed by atoms with E-state index in [1.54, 1.807) is 0 Å². The van der Waals surface area contributed by atoms with E-state index in [1.807, 2.05) is 0 Å². The minimum absolute atomic E-state index is 0.00690. The number of fused-ring (bicyclic) bond motifs is 2. The van der Waals surface area contributed by atoms with Crippen molar-refractivity contribution in [2.75, 3.05) is 24.7 Å². The standard InChI is InChI=1S/C9H11N5O4.C9H11N5O3/c10-9-12-7-6(8(18)13-9)11-3-14(7)1-4(16)5(17)2-15;10-9-12-7-6(8(17)13-9)11-4-14(7)3-5(16)1-2-15/h3,5,15,17H,1-2H2,(H3,10,12,13,18);4,15H,1-3H2,(H3,10,12,13,17). The average molecular weight is 490 g/mol. The molecule has 4 heterocycles. The number of aromatic nitrogens is 8. The Kier molecular flexibility index (Phi) is 7.64. The summed E-state index contributed by atoms with van der Waals surface area (Å²) in [5.74, 6) is -0.909. The summed E-state index contributed by atoms with van der Waals surface area (Å²) >= 11 is 0. The molecule has 0 bridgehead atoms. The van der Waals surface area contributed by atoms with Crippen LogP contribution in [0.3, 0.4) is 0 Å². The summed E-state index contributed by atoms with van der Waals surface area (Å²) in [7, 11) is 0. The van der Waals surface area contributed by atoms with Crippen LogP contribution in [-0.2, 0) is 22.7 Å². The lowest BCUT2D eigenvalue weighted by atomic mass is 10.2. The molecule has 0 saturated heterocycles. The van der Waals surface area contributed by atoms with Crippen LogP contribution < -0.4 is 22.6 Å². The fourth-order valence-electron chi connectivity index (χ4n) is 2.94. The minimum atomic E-state index is -1.47. The molecule has 0 aliphatic heterocycles. The molecule has 1 unspecified atom stereocenters. The van der Waals surface area contributed by atoms with Gasteiger partial charge in [0.2, 0.25) is 11.9 Å². The monoisotopic (exact) mass is 490 g/mol. The second-order valence-corrected chi connectivity index (χ2v) is 7.17. The highest BCUT2D eigenvalue weighted by atomic mass is 16.3. The third-order valence-electron chi connectivity index (χ3n) is 4.59. The first-order valence-electron chi connectivity index (χ1n) is 10.00. The first-order chi connectivity index (χ1) is 16.6. The molecule has 0 saturated carbocycles. The van der Waals surface area contributed by atoms with Crippen molar-refractivity contribution >= 4 is 45.8 Å². The molecule has 1 atom stereocenters. The molecule has 9 N–H and O–H groups in total. The van der Waals surface area contributed by atoms with Gasteiger partial charge in [0.1, 0.15) is 6.10 Å². The van der Waals surface area contributed by atoms with Gasteiger partial charge in [0.25, 0.3) is 11.1 Å². The van der Waals surface area contributed by atoms with Gasteiger partial charge in [0.15, 0.2) is 33.9 Å². The van der Waals surface area contributed by atoms with Gasteiger partial charge in [-0.15, -0.1) is 0 Å². The number of aliphatic hydroxyl groups is 3. The van der Waals surface area contributed by atoms with Gasteiger partial charge < -0.3 is 35.9 Å². The molecule has 35 heavy (non-hydrogen) atoms. The number of nitrogens with zero attached hydrogens (tertiary/aromatic N) is 6. The summed E-state index contributed by atoms with van der Waals surface area (Å²) < 4.78 is 2.71. The second kappa shape index (κ2) is 10.6. The lowest BCUT2D eigenvalue weighted by Gasteiger charge is -2.06. The maximum absolute atomic E-state index is 11.5. The van der Waals surface area contributed by atoms with Crippen molar-refractivity contribution in [1.29, 1.82) is 0 Å². The second-order valence-electron chi connectivity index (χ2n) is 7.17. The minimum Gasteiger partial charge on any atom is -0.396 e. The molecule has 0 amide bonds. The van der Waals surface area contributed by atoms with Gasteiger partial charge in [-0.1, -0.05) is 0 Å². The van der Waals surface area contributed by atoms with Crippen molar-refractivity contribution in [2.45, 2.75) is 25.6 Å². The molecule has 4 aromatic rings. The number of nitrogen functional groups attached to an aromatic ring is 2. The highest BCUT2D eigenvalue weighted by Crippen LogP contribution is 2.07. The number of nitrogens with one attached hydrogen (secondary N) is 2. The van der Waals surface area contributed by atoms with E-state index in [9.17, 15) is 19.2 Å². The first-order valence-corrected chi connectivity index (χ1v) is 10.00. The molecule has 0 aliphatic rings. The number of carbonyl (C=O) groups is 2.